The Balaban J connectivity index is 2.19. The van der Waals surface area contributed by atoms with Crippen LogP contribution >= 0.6 is 0 Å². The first-order valence-corrected chi connectivity index (χ1v) is 6.77. The number of amides is 1. The van der Waals surface area contributed by atoms with Gasteiger partial charge in [0.1, 0.15) is 12.4 Å². The van der Waals surface area contributed by atoms with Gasteiger partial charge in [-0.05, 0) is 12.8 Å². The van der Waals surface area contributed by atoms with Crippen LogP contribution in [-0.2, 0) is 11.3 Å². The lowest BCUT2D eigenvalue weighted by atomic mass is 10.0. The number of nitrogens with one attached hydrogen (secondary N) is 1. The largest absolute Gasteiger partial charge is 0.480 e. The molecule has 0 saturated carbocycles. The van der Waals surface area contributed by atoms with Crippen LogP contribution in [0.3, 0.4) is 0 Å². The van der Waals surface area contributed by atoms with Crippen molar-refractivity contribution in [3.63, 3.8) is 0 Å². The summed E-state index contributed by atoms with van der Waals surface area (Å²) in [5.41, 5.74) is 1.04. The normalized spacial score (nSPS) is 10.7. The van der Waals surface area contributed by atoms with E-state index in [4.69, 9.17) is 5.11 Å². The Morgan fingerprint density at radius 1 is 1.41 bits per heavy atom. The zero-order valence-electron chi connectivity index (χ0n) is 12.6. The van der Waals surface area contributed by atoms with Crippen LogP contribution in [-0.4, -0.2) is 36.7 Å². The predicted octanol–water partition coefficient (Wildman–Crippen LogP) is 1.44. The number of hydrogen-bond donors (Lipinski definition) is 2. The number of hydrogen-bond acceptors (Lipinski definition) is 5. The predicted molar refractivity (Wildman–Crippen MR) is 78.7 cm³/mol. The van der Waals surface area contributed by atoms with Crippen LogP contribution in [0, 0.1) is 6.92 Å². The van der Waals surface area contributed by atoms with E-state index in [0.29, 0.717) is 17.1 Å². The number of anilines is 1. The standard InChI is InChI=1S/C14H17N5O3/c1-8(2)13-10(6-15-9(3)16-13)14(22)17-11-4-5-19(18-11)7-12(20)21/h4-6,8H,7H2,1-3H3,(H,20,21)(H,17,18,22). The molecule has 0 bridgehead atoms. The van der Waals surface area contributed by atoms with Crippen LogP contribution in [0.25, 0.3) is 0 Å². The number of aromatic nitrogens is 4. The van der Waals surface area contributed by atoms with Gasteiger partial charge in [-0.1, -0.05) is 13.8 Å². The molecule has 0 aliphatic carbocycles. The van der Waals surface area contributed by atoms with Crippen LogP contribution in [0.1, 0.15) is 41.6 Å². The van der Waals surface area contributed by atoms with Gasteiger partial charge in [-0.3, -0.25) is 14.3 Å². The second-order valence-corrected chi connectivity index (χ2v) is 5.12. The summed E-state index contributed by atoms with van der Waals surface area (Å²) in [5, 5.41) is 15.3. The van der Waals surface area contributed by atoms with Gasteiger partial charge >= 0.3 is 5.97 Å². The number of carbonyl (C=O) groups excluding carboxylic acids is 1. The van der Waals surface area contributed by atoms with Gasteiger partial charge in [0.25, 0.3) is 5.91 Å². The van der Waals surface area contributed by atoms with E-state index in [2.05, 4.69) is 20.4 Å². The van der Waals surface area contributed by atoms with Gasteiger partial charge in [0, 0.05) is 18.5 Å². The van der Waals surface area contributed by atoms with Crippen LogP contribution < -0.4 is 5.32 Å². The third kappa shape index (κ3) is 3.66. The van der Waals surface area contributed by atoms with E-state index in [-0.39, 0.29) is 24.2 Å². The molecule has 0 unspecified atom stereocenters. The lowest BCUT2D eigenvalue weighted by Crippen LogP contribution is -2.18. The van der Waals surface area contributed by atoms with Crippen LogP contribution in [0.5, 0.6) is 0 Å². The summed E-state index contributed by atoms with van der Waals surface area (Å²) in [6.45, 7) is 5.39. The minimum Gasteiger partial charge on any atom is -0.480 e. The fourth-order valence-corrected chi connectivity index (χ4v) is 1.94. The minimum atomic E-state index is -1.00. The van der Waals surface area contributed by atoms with E-state index in [1.165, 1.54) is 23.1 Å². The quantitative estimate of drug-likeness (QED) is 0.865. The number of carboxylic acid groups (broad SMARTS) is 1. The van der Waals surface area contributed by atoms with Gasteiger partial charge in [0.2, 0.25) is 0 Å². The second kappa shape index (κ2) is 6.33. The van der Waals surface area contributed by atoms with Crippen LogP contribution in [0.2, 0.25) is 0 Å². The van der Waals surface area contributed by atoms with E-state index >= 15 is 0 Å². The summed E-state index contributed by atoms with van der Waals surface area (Å²) in [7, 11) is 0. The molecule has 2 aromatic heterocycles. The molecule has 22 heavy (non-hydrogen) atoms. The van der Waals surface area contributed by atoms with Crippen molar-refractivity contribution >= 4 is 17.7 Å². The van der Waals surface area contributed by atoms with Gasteiger partial charge in [-0.15, -0.1) is 0 Å². The molecule has 1 amide bonds. The molecule has 0 fully saturated rings. The third-order valence-electron chi connectivity index (χ3n) is 2.91. The summed E-state index contributed by atoms with van der Waals surface area (Å²) < 4.78 is 1.23. The van der Waals surface area contributed by atoms with Crippen molar-refractivity contribution in [2.75, 3.05) is 5.32 Å². The highest BCUT2D eigenvalue weighted by Crippen LogP contribution is 2.17. The monoisotopic (exact) mass is 303 g/mol. The molecule has 2 aromatic rings. The van der Waals surface area contributed by atoms with Crippen LogP contribution in [0.4, 0.5) is 5.82 Å². The molecule has 0 aliphatic heterocycles. The number of rotatable bonds is 5. The molecule has 2 heterocycles. The Labute approximate surface area is 127 Å². The molecule has 0 aliphatic rings. The highest BCUT2D eigenvalue weighted by atomic mass is 16.4. The average molecular weight is 303 g/mol. The summed E-state index contributed by atoms with van der Waals surface area (Å²) in [4.78, 5) is 31.3. The van der Waals surface area contributed by atoms with Gasteiger partial charge in [0.15, 0.2) is 5.82 Å². The molecular weight excluding hydrogens is 286 g/mol. The molecule has 116 valence electrons. The molecule has 0 spiro atoms. The third-order valence-corrected chi connectivity index (χ3v) is 2.91. The van der Waals surface area contributed by atoms with E-state index in [1.54, 1.807) is 6.92 Å². The Kier molecular flexibility index (Phi) is 4.50. The van der Waals surface area contributed by atoms with Crippen molar-refractivity contribution in [3.8, 4) is 0 Å². The maximum absolute atomic E-state index is 12.3. The second-order valence-electron chi connectivity index (χ2n) is 5.12. The fraction of sp³-hybridized carbons (Fsp3) is 0.357. The highest BCUT2D eigenvalue weighted by Gasteiger charge is 2.17. The number of carbonyl (C=O) groups is 2. The average Bonchev–Trinajstić information content (AvgIpc) is 2.84. The molecule has 2 rings (SSSR count). The van der Waals surface area contributed by atoms with Gasteiger partial charge < -0.3 is 10.4 Å². The smallest absolute Gasteiger partial charge is 0.325 e. The zero-order chi connectivity index (χ0) is 16.3. The van der Waals surface area contributed by atoms with E-state index in [0.717, 1.165) is 0 Å². The molecular formula is C14H17N5O3. The van der Waals surface area contributed by atoms with Gasteiger partial charge in [0.05, 0.1) is 11.3 Å². The lowest BCUT2D eigenvalue weighted by molar-refractivity contribution is -0.137. The summed E-state index contributed by atoms with van der Waals surface area (Å²) in [5.74, 6) is -0.418. The number of carboxylic acids is 1. The number of aryl methyl sites for hydroxylation is 1. The summed E-state index contributed by atoms with van der Waals surface area (Å²) in [6, 6.07) is 1.53. The molecule has 0 saturated heterocycles. The van der Waals surface area contributed by atoms with Gasteiger partial charge in [-0.25, -0.2) is 9.97 Å². The first-order chi connectivity index (χ1) is 10.4. The maximum atomic E-state index is 12.3. The van der Waals surface area contributed by atoms with E-state index in [1.807, 2.05) is 13.8 Å². The summed E-state index contributed by atoms with van der Waals surface area (Å²) in [6.07, 6.45) is 2.97. The number of aliphatic carboxylic acids is 1. The Bertz CT molecular complexity index is 708. The van der Waals surface area contributed by atoms with Crippen molar-refractivity contribution in [2.24, 2.45) is 0 Å². The molecule has 2 N–H and O–H groups in total. The fourth-order valence-electron chi connectivity index (χ4n) is 1.94. The van der Waals surface area contributed by atoms with Crippen molar-refractivity contribution in [1.82, 2.24) is 19.7 Å². The first-order valence-electron chi connectivity index (χ1n) is 6.77. The SMILES string of the molecule is Cc1ncc(C(=O)Nc2ccn(CC(=O)O)n2)c(C(C)C)n1. The number of nitrogens with zero attached hydrogens (tertiary/aromatic N) is 4. The minimum absolute atomic E-state index is 0.0759. The maximum Gasteiger partial charge on any atom is 0.325 e. The van der Waals surface area contributed by atoms with Gasteiger partial charge in [-0.2, -0.15) is 5.10 Å². The van der Waals surface area contributed by atoms with E-state index < -0.39 is 5.97 Å². The van der Waals surface area contributed by atoms with Crippen molar-refractivity contribution in [3.05, 3.63) is 35.5 Å². The molecule has 8 nitrogen and oxygen atoms in total. The van der Waals surface area contributed by atoms with Crippen molar-refractivity contribution < 1.29 is 14.7 Å². The molecule has 0 atom stereocenters. The molecule has 0 aromatic carbocycles. The van der Waals surface area contributed by atoms with Crippen molar-refractivity contribution in [1.29, 1.82) is 0 Å². The summed E-state index contributed by atoms with van der Waals surface area (Å²) >= 11 is 0. The Hall–Kier alpha value is -2.77. The lowest BCUT2D eigenvalue weighted by Gasteiger charge is -2.11. The Morgan fingerprint density at radius 3 is 2.77 bits per heavy atom. The Morgan fingerprint density at radius 2 is 2.14 bits per heavy atom. The topological polar surface area (TPSA) is 110 Å². The van der Waals surface area contributed by atoms with Crippen LogP contribution in [0.15, 0.2) is 18.5 Å². The van der Waals surface area contributed by atoms with E-state index in [9.17, 15) is 9.59 Å². The zero-order valence-corrected chi connectivity index (χ0v) is 12.6. The van der Waals surface area contributed by atoms with Crippen molar-refractivity contribution in [2.45, 2.75) is 33.2 Å². The highest BCUT2D eigenvalue weighted by molar-refractivity contribution is 6.04. The first kappa shape index (κ1) is 15.6. The molecule has 0 radical (unpaired) electrons. The molecule has 8 heteroatoms.